The monoisotopic (exact) mass is 276 g/mol. The molecule has 0 radical (unpaired) electrons. The second kappa shape index (κ2) is 7.45. The van der Waals surface area contributed by atoms with Crippen LogP contribution in [0, 0.1) is 0 Å². The molecular formula is C15H20N2O3. The van der Waals surface area contributed by atoms with Crippen LogP contribution in [0.25, 0.3) is 6.08 Å². The van der Waals surface area contributed by atoms with Gasteiger partial charge in [0.15, 0.2) is 0 Å². The molecule has 0 aliphatic heterocycles. The second-order valence-corrected chi connectivity index (χ2v) is 4.57. The zero-order valence-electron chi connectivity index (χ0n) is 11.8. The zero-order chi connectivity index (χ0) is 15.1. The number of carbonyl (C=O) groups excluding carboxylic acids is 2. The van der Waals surface area contributed by atoms with Crippen LogP contribution in [0.1, 0.15) is 25.0 Å². The number of esters is 1. The van der Waals surface area contributed by atoms with E-state index >= 15 is 0 Å². The Labute approximate surface area is 118 Å². The highest BCUT2D eigenvalue weighted by molar-refractivity contribution is 5.86. The van der Waals surface area contributed by atoms with E-state index in [1.54, 1.807) is 19.9 Å². The Morgan fingerprint density at radius 1 is 1.35 bits per heavy atom. The molecule has 108 valence electrons. The number of ether oxygens (including phenoxy) is 1. The average molecular weight is 276 g/mol. The van der Waals surface area contributed by atoms with Gasteiger partial charge in [0, 0.05) is 0 Å². The Hall–Kier alpha value is -2.14. The lowest BCUT2D eigenvalue weighted by molar-refractivity contribution is -0.148. The van der Waals surface area contributed by atoms with E-state index in [9.17, 15) is 9.59 Å². The third-order valence-corrected chi connectivity index (χ3v) is 2.72. The van der Waals surface area contributed by atoms with Crippen LogP contribution in [0.15, 0.2) is 30.8 Å². The molecule has 1 aromatic rings. The Kier molecular flexibility index (Phi) is 5.93. The maximum absolute atomic E-state index is 11.7. The molecular weight excluding hydrogens is 256 g/mol. The van der Waals surface area contributed by atoms with Crippen molar-refractivity contribution in [2.75, 3.05) is 0 Å². The molecule has 0 spiro atoms. The Bertz CT molecular complexity index is 480. The van der Waals surface area contributed by atoms with Gasteiger partial charge in [0.25, 0.3) is 0 Å². The number of hydrogen-bond acceptors (Lipinski definition) is 4. The Morgan fingerprint density at radius 2 is 1.95 bits per heavy atom. The van der Waals surface area contributed by atoms with Crippen LogP contribution >= 0.6 is 0 Å². The summed E-state index contributed by atoms with van der Waals surface area (Å²) in [6.45, 7) is 6.93. The fourth-order valence-electron chi connectivity index (χ4n) is 1.43. The molecule has 0 fully saturated rings. The number of hydrogen-bond donors (Lipinski definition) is 2. The minimum Gasteiger partial charge on any atom is -0.459 e. The van der Waals surface area contributed by atoms with Gasteiger partial charge in [-0.1, -0.05) is 36.9 Å². The van der Waals surface area contributed by atoms with Gasteiger partial charge in [-0.3, -0.25) is 4.79 Å². The summed E-state index contributed by atoms with van der Waals surface area (Å²) in [6, 6.07) is 6.11. The molecule has 0 unspecified atom stereocenters. The quantitative estimate of drug-likeness (QED) is 0.766. The molecule has 0 aromatic heterocycles. The summed E-state index contributed by atoms with van der Waals surface area (Å²) in [7, 11) is 0. The van der Waals surface area contributed by atoms with Crippen LogP contribution in [0.5, 0.6) is 0 Å². The number of amides is 1. The van der Waals surface area contributed by atoms with E-state index in [-0.39, 0.29) is 12.5 Å². The molecule has 0 saturated carbocycles. The van der Waals surface area contributed by atoms with Crippen molar-refractivity contribution in [3.63, 3.8) is 0 Å². The molecule has 5 nitrogen and oxygen atoms in total. The van der Waals surface area contributed by atoms with Crippen molar-refractivity contribution < 1.29 is 14.3 Å². The van der Waals surface area contributed by atoms with Crippen molar-refractivity contribution in [2.45, 2.75) is 32.5 Å². The van der Waals surface area contributed by atoms with Gasteiger partial charge >= 0.3 is 5.97 Å². The summed E-state index contributed by atoms with van der Waals surface area (Å²) < 4.78 is 5.12. The lowest BCUT2D eigenvalue weighted by atomic mass is 10.1. The third kappa shape index (κ3) is 4.85. The van der Waals surface area contributed by atoms with Crippen LogP contribution in [0.3, 0.4) is 0 Å². The molecule has 0 aliphatic rings. The van der Waals surface area contributed by atoms with E-state index in [0.717, 1.165) is 11.1 Å². The first-order valence-electron chi connectivity index (χ1n) is 6.38. The average Bonchev–Trinajstić information content (AvgIpc) is 2.44. The van der Waals surface area contributed by atoms with Crippen molar-refractivity contribution in [3.8, 4) is 0 Å². The molecule has 3 N–H and O–H groups in total. The fraction of sp³-hybridized carbons (Fsp3) is 0.333. The van der Waals surface area contributed by atoms with Gasteiger partial charge in [-0.2, -0.15) is 0 Å². The van der Waals surface area contributed by atoms with Crippen LogP contribution in [0.4, 0.5) is 0 Å². The first-order valence-corrected chi connectivity index (χ1v) is 6.38. The number of nitrogens with one attached hydrogen (secondary N) is 1. The summed E-state index contributed by atoms with van der Waals surface area (Å²) in [6.07, 6.45) is 1.74. The fourth-order valence-corrected chi connectivity index (χ4v) is 1.43. The lowest BCUT2D eigenvalue weighted by Crippen LogP contribution is -2.46. The first kappa shape index (κ1) is 15.9. The molecule has 0 heterocycles. The molecule has 0 bridgehead atoms. The molecule has 2 atom stereocenters. The molecule has 1 amide bonds. The van der Waals surface area contributed by atoms with E-state index in [1.165, 1.54) is 0 Å². The van der Waals surface area contributed by atoms with E-state index in [1.807, 2.05) is 24.3 Å². The second-order valence-electron chi connectivity index (χ2n) is 4.57. The molecule has 0 aliphatic carbocycles. The highest BCUT2D eigenvalue weighted by Crippen LogP contribution is 2.07. The van der Waals surface area contributed by atoms with E-state index in [4.69, 9.17) is 10.5 Å². The SMILES string of the molecule is C=Cc1ccc(COC(=O)[C@H](C)NC(=O)[C@H](C)N)cc1. The smallest absolute Gasteiger partial charge is 0.328 e. The topological polar surface area (TPSA) is 81.4 Å². The van der Waals surface area contributed by atoms with Crippen LogP contribution in [-0.4, -0.2) is 24.0 Å². The van der Waals surface area contributed by atoms with Gasteiger partial charge in [-0.15, -0.1) is 0 Å². The number of nitrogens with two attached hydrogens (primary N) is 1. The first-order chi connectivity index (χ1) is 9.43. The summed E-state index contributed by atoms with van der Waals surface area (Å²) >= 11 is 0. The predicted octanol–water partition coefficient (Wildman–Crippen LogP) is 1.22. The lowest BCUT2D eigenvalue weighted by Gasteiger charge is -2.14. The number of carbonyl (C=O) groups is 2. The Morgan fingerprint density at radius 3 is 2.45 bits per heavy atom. The van der Waals surface area contributed by atoms with Gasteiger partial charge in [-0.05, 0) is 25.0 Å². The van der Waals surface area contributed by atoms with Gasteiger partial charge in [-0.25, -0.2) is 4.79 Å². The van der Waals surface area contributed by atoms with Gasteiger partial charge in [0.1, 0.15) is 12.6 Å². The van der Waals surface area contributed by atoms with Crippen molar-refractivity contribution in [1.82, 2.24) is 5.32 Å². The van der Waals surface area contributed by atoms with Gasteiger partial charge in [0.05, 0.1) is 6.04 Å². The van der Waals surface area contributed by atoms with Gasteiger partial charge < -0.3 is 15.8 Å². The number of benzene rings is 1. The molecule has 20 heavy (non-hydrogen) atoms. The zero-order valence-corrected chi connectivity index (χ0v) is 11.8. The van der Waals surface area contributed by atoms with Crippen molar-refractivity contribution in [3.05, 3.63) is 42.0 Å². The highest BCUT2D eigenvalue weighted by Gasteiger charge is 2.18. The molecule has 1 rings (SSSR count). The van der Waals surface area contributed by atoms with Crippen molar-refractivity contribution in [1.29, 1.82) is 0 Å². The van der Waals surface area contributed by atoms with Crippen LogP contribution in [-0.2, 0) is 20.9 Å². The van der Waals surface area contributed by atoms with E-state index in [2.05, 4.69) is 11.9 Å². The van der Waals surface area contributed by atoms with Crippen LogP contribution < -0.4 is 11.1 Å². The summed E-state index contributed by atoms with van der Waals surface area (Å²) in [4.78, 5) is 23.1. The highest BCUT2D eigenvalue weighted by atomic mass is 16.5. The van der Waals surface area contributed by atoms with Gasteiger partial charge in [0.2, 0.25) is 5.91 Å². The summed E-state index contributed by atoms with van der Waals surface area (Å²) in [5.74, 6) is -0.878. The molecule has 0 saturated heterocycles. The largest absolute Gasteiger partial charge is 0.459 e. The maximum atomic E-state index is 11.7. The van der Waals surface area contributed by atoms with Crippen molar-refractivity contribution in [2.24, 2.45) is 5.73 Å². The minimum atomic E-state index is -0.721. The Balaban J connectivity index is 2.45. The number of rotatable bonds is 6. The summed E-state index contributed by atoms with van der Waals surface area (Å²) in [5, 5.41) is 2.48. The van der Waals surface area contributed by atoms with E-state index < -0.39 is 18.1 Å². The third-order valence-electron chi connectivity index (χ3n) is 2.72. The molecule has 1 aromatic carbocycles. The van der Waals surface area contributed by atoms with Crippen molar-refractivity contribution >= 4 is 18.0 Å². The maximum Gasteiger partial charge on any atom is 0.328 e. The predicted molar refractivity (Wildman–Crippen MR) is 77.6 cm³/mol. The minimum absolute atomic E-state index is 0.161. The normalized spacial score (nSPS) is 13.2. The standard InChI is InChI=1S/C15H20N2O3/c1-4-12-5-7-13(8-6-12)9-20-15(19)11(3)17-14(18)10(2)16/h4-8,10-11H,1,9,16H2,2-3H3,(H,17,18)/t10-,11-/m0/s1. The van der Waals surface area contributed by atoms with E-state index in [0.29, 0.717) is 0 Å². The van der Waals surface area contributed by atoms with Crippen LogP contribution in [0.2, 0.25) is 0 Å². The summed E-state index contributed by atoms with van der Waals surface area (Å²) in [5.41, 5.74) is 7.27. The molecule has 5 heteroatoms.